The van der Waals surface area contributed by atoms with E-state index in [1.165, 1.54) is 0 Å². The number of aliphatic hydroxyl groups excluding tert-OH is 1. The summed E-state index contributed by atoms with van der Waals surface area (Å²) in [6.45, 7) is 6.03. The van der Waals surface area contributed by atoms with Gasteiger partial charge in [0.25, 0.3) is 0 Å². The van der Waals surface area contributed by atoms with Crippen molar-refractivity contribution in [3.05, 3.63) is 0 Å². The average molecular weight is 203 g/mol. The number of hydrogen-bond donors (Lipinski definition) is 2. The summed E-state index contributed by atoms with van der Waals surface area (Å²) in [4.78, 5) is 10.6. The quantitative estimate of drug-likeness (QED) is 0.640. The van der Waals surface area contributed by atoms with Gasteiger partial charge in [-0.05, 0) is 5.41 Å². The van der Waals surface area contributed by atoms with Crippen molar-refractivity contribution in [2.75, 3.05) is 6.61 Å². The van der Waals surface area contributed by atoms with Crippen LogP contribution in [-0.4, -0.2) is 36.1 Å². The summed E-state index contributed by atoms with van der Waals surface area (Å²) < 4.78 is 10.2. The Morgan fingerprint density at radius 1 is 1.57 bits per heavy atom. The van der Waals surface area contributed by atoms with Crippen molar-refractivity contribution in [3.63, 3.8) is 0 Å². The number of amides is 1. The van der Waals surface area contributed by atoms with E-state index in [1.54, 1.807) is 0 Å². The highest BCUT2D eigenvalue weighted by Gasteiger charge is 2.45. The Hall–Kier alpha value is -0.810. The molecule has 0 radical (unpaired) electrons. The van der Waals surface area contributed by atoms with E-state index < -0.39 is 18.3 Å². The van der Waals surface area contributed by atoms with Gasteiger partial charge < -0.3 is 20.3 Å². The average Bonchev–Trinajstić information content (AvgIpc) is 2.30. The second-order valence-corrected chi connectivity index (χ2v) is 4.59. The zero-order chi connectivity index (χ0) is 10.9. The number of aliphatic hydroxyl groups is 1. The van der Waals surface area contributed by atoms with Crippen molar-refractivity contribution < 1.29 is 19.4 Å². The minimum atomic E-state index is -0.881. The molecule has 1 aliphatic rings. The highest BCUT2D eigenvalue weighted by molar-refractivity contribution is 5.65. The first-order chi connectivity index (χ1) is 6.32. The van der Waals surface area contributed by atoms with Crippen LogP contribution in [0.5, 0.6) is 0 Å². The van der Waals surface area contributed by atoms with Gasteiger partial charge in [-0.25, -0.2) is 4.79 Å². The molecule has 3 N–H and O–H groups in total. The third-order valence-electron chi connectivity index (χ3n) is 2.23. The molecule has 82 valence electrons. The van der Waals surface area contributed by atoms with Crippen LogP contribution in [0.3, 0.4) is 0 Å². The summed E-state index contributed by atoms with van der Waals surface area (Å²) in [5, 5.41) is 9.51. The van der Waals surface area contributed by atoms with Crippen LogP contribution < -0.4 is 5.73 Å². The minimum Gasteiger partial charge on any atom is -0.441 e. The van der Waals surface area contributed by atoms with Gasteiger partial charge >= 0.3 is 6.09 Å². The number of hydrogen-bond acceptors (Lipinski definition) is 4. The van der Waals surface area contributed by atoms with Crippen LogP contribution in [0, 0.1) is 5.41 Å². The molecule has 3 atom stereocenters. The van der Waals surface area contributed by atoms with E-state index in [0.717, 1.165) is 0 Å². The molecule has 0 saturated carbocycles. The maximum absolute atomic E-state index is 10.6. The van der Waals surface area contributed by atoms with E-state index in [4.69, 9.17) is 15.2 Å². The van der Waals surface area contributed by atoms with Gasteiger partial charge in [0.1, 0.15) is 12.2 Å². The summed E-state index contributed by atoms with van der Waals surface area (Å²) in [7, 11) is 0. The Bertz CT molecular complexity index is 223. The van der Waals surface area contributed by atoms with Gasteiger partial charge in [-0.1, -0.05) is 20.8 Å². The second-order valence-electron chi connectivity index (χ2n) is 4.59. The van der Waals surface area contributed by atoms with Crippen molar-refractivity contribution in [1.82, 2.24) is 0 Å². The Balaban J connectivity index is 2.72. The fourth-order valence-corrected chi connectivity index (χ4v) is 1.61. The lowest BCUT2D eigenvalue weighted by molar-refractivity contribution is -0.0398. The minimum absolute atomic E-state index is 0.180. The van der Waals surface area contributed by atoms with Crippen LogP contribution in [0.1, 0.15) is 20.8 Å². The molecule has 0 aromatic rings. The molecular formula is C9H17NO4. The monoisotopic (exact) mass is 203 g/mol. The molecule has 0 aliphatic carbocycles. The van der Waals surface area contributed by atoms with E-state index in [9.17, 15) is 9.90 Å². The lowest BCUT2D eigenvalue weighted by Crippen LogP contribution is -2.43. The van der Waals surface area contributed by atoms with Crippen molar-refractivity contribution in [2.24, 2.45) is 11.1 Å². The lowest BCUT2D eigenvalue weighted by atomic mass is 9.85. The molecule has 0 spiro atoms. The number of carbonyl (C=O) groups is 1. The SMILES string of the molecule is CC(C)(C)C1OC[C@@H](O)[C@@H]1OC(N)=O. The molecule has 1 heterocycles. The summed E-state index contributed by atoms with van der Waals surface area (Å²) in [5.41, 5.74) is 4.72. The molecule has 1 amide bonds. The van der Waals surface area contributed by atoms with E-state index in [0.29, 0.717) is 0 Å². The highest BCUT2D eigenvalue weighted by atomic mass is 16.6. The first kappa shape index (κ1) is 11.3. The van der Waals surface area contributed by atoms with Gasteiger partial charge in [-0.15, -0.1) is 0 Å². The summed E-state index contributed by atoms with van der Waals surface area (Å²) in [6, 6.07) is 0. The largest absolute Gasteiger partial charge is 0.441 e. The number of nitrogens with two attached hydrogens (primary N) is 1. The molecule has 1 fully saturated rings. The summed E-state index contributed by atoms with van der Waals surface area (Å²) in [6.07, 6.45) is -2.64. The Labute approximate surface area is 83.2 Å². The highest BCUT2D eigenvalue weighted by Crippen LogP contribution is 2.32. The molecule has 5 nitrogen and oxygen atoms in total. The van der Waals surface area contributed by atoms with Crippen LogP contribution >= 0.6 is 0 Å². The zero-order valence-corrected chi connectivity index (χ0v) is 8.69. The molecular weight excluding hydrogens is 186 g/mol. The Morgan fingerprint density at radius 2 is 2.14 bits per heavy atom. The van der Waals surface area contributed by atoms with Gasteiger partial charge in [0.05, 0.1) is 6.61 Å². The summed E-state index contributed by atoms with van der Waals surface area (Å²) >= 11 is 0. The molecule has 0 aromatic carbocycles. The lowest BCUT2D eigenvalue weighted by Gasteiger charge is -2.30. The topological polar surface area (TPSA) is 81.8 Å². The van der Waals surface area contributed by atoms with Gasteiger partial charge in [-0.2, -0.15) is 0 Å². The van der Waals surface area contributed by atoms with Crippen LogP contribution in [0.15, 0.2) is 0 Å². The molecule has 1 saturated heterocycles. The first-order valence-electron chi connectivity index (χ1n) is 4.58. The van der Waals surface area contributed by atoms with E-state index >= 15 is 0 Å². The van der Waals surface area contributed by atoms with Crippen molar-refractivity contribution in [3.8, 4) is 0 Å². The molecule has 1 rings (SSSR count). The van der Waals surface area contributed by atoms with Crippen LogP contribution in [0.25, 0.3) is 0 Å². The van der Waals surface area contributed by atoms with Gasteiger partial charge in [0, 0.05) is 0 Å². The second kappa shape index (κ2) is 3.74. The van der Waals surface area contributed by atoms with Gasteiger partial charge in [0.15, 0.2) is 6.10 Å². The van der Waals surface area contributed by atoms with E-state index in [2.05, 4.69) is 0 Å². The fourth-order valence-electron chi connectivity index (χ4n) is 1.61. The maximum atomic E-state index is 10.6. The zero-order valence-electron chi connectivity index (χ0n) is 8.69. The predicted octanol–water partition coefficient (Wildman–Crippen LogP) is 0.256. The van der Waals surface area contributed by atoms with E-state index in [1.807, 2.05) is 20.8 Å². The molecule has 1 unspecified atom stereocenters. The first-order valence-corrected chi connectivity index (χ1v) is 4.58. The van der Waals surface area contributed by atoms with Crippen molar-refractivity contribution >= 4 is 6.09 Å². The molecule has 0 aromatic heterocycles. The number of rotatable bonds is 1. The smallest absolute Gasteiger partial charge is 0.404 e. The Kier molecular flexibility index (Phi) is 3.01. The number of ether oxygens (including phenoxy) is 2. The van der Waals surface area contributed by atoms with Gasteiger partial charge in [-0.3, -0.25) is 0 Å². The third-order valence-corrected chi connectivity index (χ3v) is 2.23. The van der Waals surface area contributed by atoms with E-state index in [-0.39, 0.29) is 18.1 Å². The van der Waals surface area contributed by atoms with Crippen LogP contribution in [0.4, 0.5) is 4.79 Å². The fraction of sp³-hybridized carbons (Fsp3) is 0.889. The third kappa shape index (κ3) is 2.36. The predicted molar refractivity (Wildman–Crippen MR) is 49.7 cm³/mol. The van der Waals surface area contributed by atoms with Gasteiger partial charge in [0.2, 0.25) is 0 Å². The number of carbonyl (C=O) groups excluding carboxylic acids is 1. The van der Waals surface area contributed by atoms with Crippen LogP contribution in [0.2, 0.25) is 0 Å². The van der Waals surface area contributed by atoms with Crippen molar-refractivity contribution in [1.29, 1.82) is 0 Å². The standard InChI is InChI=1S/C9H17NO4/c1-9(2,3)7-6(14-8(10)12)5(11)4-13-7/h5-7,11H,4H2,1-3H3,(H2,10,12)/t5-,6+,7?/m1/s1. The normalized spacial score (nSPS) is 33.0. The number of primary amides is 1. The summed E-state index contributed by atoms with van der Waals surface area (Å²) in [5.74, 6) is 0. The Morgan fingerprint density at radius 3 is 2.57 bits per heavy atom. The molecule has 0 bridgehead atoms. The molecule has 1 aliphatic heterocycles. The van der Waals surface area contributed by atoms with Crippen molar-refractivity contribution in [2.45, 2.75) is 39.1 Å². The van der Waals surface area contributed by atoms with Crippen LogP contribution in [-0.2, 0) is 9.47 Å². The maximum Gasteiger partial charge on any atom is 0.404 e. The molecule has 14 heavy (non-hydrogen) atoms. The molecule has 5 heteroatoms.